The van der Waals surface area contributed by atoms with Crippen LogP contribution >= 0.6 is 0 Å². The van der Waals surface area contributed by atoms with Crippen molar-refractivity contribution in [2.45, 2.75) is 314 Å². The molecular formula is C52H103NO8. The van der Waals surface area contributed by atoms with Crippen LogP contribution < -0.4 is 5.32 Å². The Bertz CT molecular complexity index is 924. The van der Waals surface area contributed by atoms with Gasteiger partial charge in [0, 0.05) is 6.42 Å². The van der Waals surface area contributed by atoms with Crippen LogP contribution in [0.25, 0.3) is 0 Å². The molecule has 0 aliphatic carbocycles. The van der Waals surface area contributed by atoms with Crippen LogP contribution in [0.5, 0.6) is 0 Å². The third kappa shape index (κ3) is 33.3. The zero-order valence-corrected chi connectivity index (χ0v) is 40.2. The third-order valence-electron chi connectivity index (χ3n) is 13.2. The first-order valence-electron chi connectivity index (χ1n) is 26.7. The van der Waals surface area contributed by atoms with Gasteiger partial charge in [0.1, 0.15) is 24.4 Å². The molecule has 0 saturated carbocycles. The molecule has 6 N–H and O–H groups in total. The van der Waals surface area contributed by atoms with E-state index < -0.39 is 49.5 Å². The van der Waals surface area contributed by atoms with Crippen molar-refractivity contribution in [3.05, 3.63) is 0 Å². The number of nitrogens with one attached hydrogen (secondary N) is 1. The quantitative estimate of drug-likeness (QED) is 0.0331. The van der Waals surface area contributed by atoms with E-state index in [1.807, 2.05) is 0 Å². The summed E-state index contributed by atoms with van der Waals surface area (Å²) in [5.74, 6) is -0.147. The molecule has 1 amide bonds. The Morgan fingerprint density at radius 3 is 1.16 bits per heavy atom. The zero-order chi connectivity index (χ0) is 44.4. The summed E-state index contributed by atoms with van der Waals surface area (Å²) in [5.41, 5.74) is 0. The van der Waals surface area contributed by atoms with Gasteiger partial charge in [-0.25, -0.2) is 0 Å². The van der Waals surface area contributed by atoms with Crippen molar-refractivity contribution in [2.75, 3.05) is 13.2 Å². The Labute approximate surface area is 376 Å². The summed E-state index contributed by atoms with van der Waals surface area (Å²) in [6.45, 7) is 3.81. The van der Waals surface area contributed by atoms with Gasteiger partial charge in [-0.05, 0) is 12.8 Å². The van der Waals surface area contributed by atoms with Crippen LogP contribution in [0, 0.1) is 0 Å². The molecule has 1 aliphatic rings. The highest BCUT2D eigenvalue weighted by atomic mass is 16.7. The first-order chi connectivity index (χ1) is 29.8. The van der Waals surface area contributed by atoms with Gasteiger partial charge in [0.05, 0.1) is 25.4 Å². The molecule has 9 nitrogen and oxygen atoms in total. The zero-order valence-electron chi connectivity index (χ0n) is 40.2. The molecule has 0 aromatic rings. The molecular weight excluding hydrogens is 767 g/mol. The second-order valence-corrected chi connectivity index (χ2v) is 19.0. The van der Waals surface area contributed by atoms with Crippen molar-refractivity contribution in [3.8, 4) is 0 Å². The van der Waals surface area contributed by atoms with Crippen LogP contribution in [0.1, 0.15) is 271 Å². The van der Waals surface area contributed by atoms with E-state index >= 15 is 0 Å². The molecule has 364 valence electrons. The van der Waals surface area contributed by atoms with E-state index in [-0.39, 0.29) is 12.5 Å². The maximum Gasteiger partial charge on any atom is 0.220 e. The lowest BCUT2D eigenvalue weighted by atomic mass is 9.99. The van der Waals surface area contributed by atoms with Gasteiger partial charge in [-0.15, -0.1) is 0 Å². The molecule has 7 unspecified atom stereocenters. The molecule has 9 heteroatoms. The monoisotopic (exact) mass is 870 g/mol. The van der Waals surface area contributed by atoms with Crippen molar-refractivity contribution in [1.82, 2.24) is 5.32 Å². The lowest BCUT2D eigenvalue weighted by Crippen LogP contribution is -2.60. The van der Waals surface area contributed by atoms with Gasteiger partial charge in [0.25, 0.3) is 0 Å². The van der Waals surface area contributed by atoms with E-state index in [1.54, 1.807) is 0 Å². The Morgan fingerprint density at radius 1 is 0.492 bits per heavy atom. The molecule has 1 saturated heterocycles. The molecule has 0 radical (unpaired) electrons. The Kier molecular flexibility index (Phi) is 41.1. The fourth-order valence-corrected chi connectivity index (χ4v) is 8.93. The largest absolute Gasteiger partial charge is 0.394 e. The summed E-state index contributed by atoms with van der Waals surface area (Å²) < 4.78 is 11.2. The van der Waals surface area contributed by atoms with Gasteiger partial charge < -0.3 is 40.3 Å². The summed E-state index contributed by atoms with van der Waals surface area (Å²) in [5, 5.41) is 54.3. The molecule has 0 bridgehead atoms. The molecule has 1 heterocycles. The number of hydrogen-bond acceptors (Lipinski definition) is 8. The molecule has 0 spiro atoms. The number of aliphatic hydroxyl groups excluding tert-OH is 5. The second-order valence-electron chi connectivity index (χ2n) is 19.0. The number of carbonyl (C=O) groups excluding carboxylic acids is 1. The summed E-state index contributed by atoms with van der Waals surface area (Å²) in [6.07, 6.45) is 43.2. The van der Waals surface area contributed by atoms with E-state index in [9.17, 15) is 30.3 Å². The van der Waals surface area contributed by atoms with Gasteiger partial charge in [-0.1, -0.05) is 251 Å². The number of aliphatic hydroxyl groups is 5. The standard InChI is InChI=1S/C52H103NO8/c1-3-5-7-9-11-12-13-14-15-16-17-18-19-20-21-22-23-24-25-26-27-28-29-30-31-32-33-34-36-37-39-41-46(55)45(53-48(56)42-40-38-35-10-8-6-4-2)44-60-52-51(59)50(58)49(57)47(43-54)61-52/h45-47,49-52,54-55,57-59H,3-44H2,1-2H3,(H,53,56). The van der Waals surface area contributed by atoms with Crippen LogP contribution in [0.3, 0.4) is 0 Å². The van der Waals surface area contributed by atoms with E-state index in [4.69, 9.17) is 9.47 Å². The predicted octanol–water partition coefficient (Wildman–Crippen LogP) is 12.3. The van der Waals surface area contributed by atoms with E-state index in [1.165, 1.54) is 205 Å². The van der Waals surface area contributed by atoms with Gasteiger partial charge in [0.15, 0.2) is 6.29 Å². The van der Waals surface area contributed by atoms with Crippen molar-refractivity contribution < 1.29 is 39.8 Å². The minimum absolute atomic E-state index is 0.133. The number of carbonyl (C=O) groups is 1. The lowest BCUT2D eigenvalue weighted by Gasteiger charge is -2.40. The van der Waals surface area contributed by atoms with E-state index in [0.717, 1.165) is 38.5 Å². The minimum atomic E-state index is -1.55. The molecule has 61 heavy (non-hydrogen) atoms. The van der Waals surface area contributed by atoms with Crippen molar-refractivity contribution in [3.63, 3.8) is 0 Å². The Morgan fingerprint density at radius 2 is 0.820 bits per heavy atom. The smallest absolute Gasteiger partial charge is 0.220 e. The lowest BCUT2D eigenvalue weighted by molar-refractivity contribution is -0.302. The first-order valence-corrected chi connectivity index (χ1v) is 26.7. The van der Waals surface area contributed by atoms with Crippen LogP contribution in [-0.2, 0) is 14.3 Å². The number of unbranched alkanes of at least 4 members (excludes halogenated alkanes) is 36. The molecule has 0 aromatic carbocycles. The number of rotatable bonds is 46. The van der Waals surface area contributed by atoms with Crippen LogP contribution in [0.4, 0.5) is 0 Å². The molecule has 1 fully saturated rings. The normalized spacial score (nSPS) is 20.3. The minimum Gasteiger partial charge on any atom is -0.394 e. The average Bonchev–Trinajstić information content (AvgIpc) is 3.26. The summed E-state index contributed by atoms with van der Waals surface area (Å²) in [7, 11) is 0. The van der Waals surface area contributed by atoms with E-state index in [0.29, 0.717) is 12.8 Å². The highest BCUT2D eigenvalue weighted by molar-refractivity contribution is 5.76. The van der Waals surface area contributed by atoms with Gasteiger partial charge in [-0.2, -0.15) is 0 Å². The van der Waals surface area contributed by atoms with Gasteiger partial charge >= 0.3 is 0 Å². The molecule has 1 aliphatic heterocycles. The Balaban J connectivity index is 2.05. The maximum atomic E-state index is 12.9. The molecule has 0 aromatic heterocycles. The second kappa shape index (κ2) is 43.1. The van der Waals surface area contributed by atoms with Gasteiger partial charge in [0.2, 0.25) is 5.91 Å². The topological polar surface area (TPSA) is 149 Å². The SMILES string of the molecule is CCCCCCCCCCCCCCCCCCCCCCCCCCCCCCCCCC(O)C(COC1OC(CO)C(O)C(O)C1O)NC(=O)CCCCCCCCC. The third-order valence-corrected chi connectivity index (χ3v) is 13.2. The van der Waals surface area contributed by atoms with Crippen molar-refractivity contribution >= 4 is 5.91 Å². The van der Waals surface area contributed by atoms with Gasteiger partial charge in [-0.3, -0.25) is 4.79 Å². The first kappa shape index (κ1) is 58.2. The molecule has 7 atom stereocenters. The fourth-order valence-electron chi connectivity index (χ4n) is 8.93. The van der Waals surface area contributed by atoms with Crippen molar-refractivity contribution in [1.29, 1.82) is 0 Å². The highest BCUT2D eigenvalue weighted by Crippen LogP contribution is 2.23. The number of ether oxygens (including phenoxy) is 2. The van der Waals surface area contributed by atoms with Crippen LogP contribution in [0.2, 0.25) is 0 Å². The summed E-state index contributed by atoms with van der Waals surface area (Å²) >= 11 is 0. The Hall–Kier alpha value is -0.810. The average molecular weight is 870 g/mol. The number of amides is 1. The molecule has 1 rings (SSSR count). The fraction of sp³-hybridized carbons (Fsp3) is 0.981. The van der Waals surface area contributed by atoms with Crippen molar-refractivity contribution in [2.24, 2.45) is 0 Å². The van der Waals surface area contributed by atoms with Crippen LogP contribution in [-0.4, -0.2) is 87.5 Å². The van der Waals surface area contributed by atoms with Crippen LogP contribution in [0.15, 0.2) is 0 Å². The highest BCUT2D eigenvalue weighted by Gasteiger charge is 2.44. The summed E-state index contributed by atoms with van der Waals surface area (Å²) in [4.78, 5) is 12.9. The predicted molar refractivity (Wildman–Crippen MR) is 254 cm³/mol. The summed E-state index contributed by atoms with van der Waals surface area (Å²) in [6, 6.07) is -0.710. The number of hydrogen-bond donors (Lipinski definition) is 6. The van der Waals surface area contributed by atoms with E-state index in [2.05, 4.69) is 19.2 Å². The maximum absolute atomic E-state index is 12.9.